The smallest absolute Gasteiger partial charge is 0.141 e. The van der Waals surface area contributed by atoms with Crippen molar-refractivity contribution in [2.24, 2.45) is 0 Å². The van der Waals surface area contributed by atoms with Gasteiger partial charge in [-0.05, 0) is 44.2 Å². The van der Waals surface area contributed by atoms with Crippen molar-refractivity contribution >= 4 is 27.4 Å². The first-order valence-corrected chi connectivity index (χ1v) is 10.2. The molecule has 2 unspecified atom stereocenters. The number of aryl methyl sites for hydroxylation is 3. The SMILES string of the molecule is Cc1nc(N2CC(C)OC(c3ccccc3)C2)c2c3c(sc2n1)CCC3. The minimum atomic E-state index is 0.0805. The fourth-order valence-electron chi connectivity index (χ4n) is 4.29. The number of nitrogens with zero attached hydrogens (tertiary/aromatic N) is 3. The Morgan fingerprint density at radius 2 is 1.96 bits per heavy atom. The van der Waals surface area contributed by atoms with Crippen molar-refractivity contribution < 1.29 is 4.74 Å². The molecule has 2 aliphatic rings. The zero-order valence-electron chi connectivity index (χ0n) is 15.2. The molecule has 2 atom stereocenters. The van der Waals surface area contributed by atoms with Gasteiger partial charge in [-0.3, -0.25) is 0 Å². The lowest BCUT2D eigenvalue weighted by Gasteiger charge is -2.38. The molecule has 5 rings (SSSR count). The lowest BCUT2D eigenvalue weighted by atomic mass is 10.1. The largest absolute Gasteiger partial charge is 0.367 e. The summed E-state index contributed by atoms with van der Waals surface area (Å²) in [5, 5.41) is 1.30. The molecule has 5 heteroatoms. The van der Waals surface area contributed by atoms with Crippen LogP contribution in [0.1, 0.15) is 41.3 Å². The van der Waals surface area contributed by atoms with Crippen molar-refractivity contribution in [2.75, 3.05) is 18.0 Å². The van der Waals surface area contributed by atoms with E-state index in [1.54, 1.807) is 0 Å². The fraction of sp³-hybridized carbons (Fsp3) is 0.429. The van der Waals surface area contributed by atoms with Crippen LogP contribution in [-0.2, 0) is 17.6 Å². The first-order valence-electron chi connectivity index (χ1n) is 9.43. The van der Waals surface area contributed by atoms with E-state index in [-0.39, 0.29) is 12.2 Å². The Bertz CT molecular complexity index is 953. The molecule has 0 saturated carbocycles. The predicted molar refractivity (Wildman–Crippen MR) is 106 cm³/mol. The lowest BCUT2D eigenvalue weighted by molar-refractivity contribution is -0.0175. The maximum Gasteiger partial charge on any atom is 0.141 e. The Morgan fingerprint density at radius 3 is 2.81 bits per heavy atom. The normalized spacial score (nSPS) is 22.8. The third-order valence-electron chi connectivity index (χ3n) is 5.39. The van der Waals surface area contributed by atoms with Crippen molar-refractivity contribution in [2.45, 2.75) is 45.3 Å². The highest BCUT2D eigenvalue weighted by Crippen LogP contribution is 2.41. The summed E-state index contributed by atoms with van der Waals surface area (Å²) in [5.74, 6) is 1.98. The average Bonchev–Trinajstić information content (AvgIpc) is 3.22. The van der Waals surface area contributed by atoms with Crippen molar-refractivity contribution in [1.82, 2.24) is 9.97 Å². The molecule has 3 heterocycles. The number of hydrogen-bond acceptors (Lipinski definition) is 5. The van der Waals surface area contributed by atoms with Crippen LogP contribution in [0, 0.1) is 6.92 Å². The van der Waals surface area contributed by atoms with E-state index in [2.05, 4.69) is 42.2 Å². The second-order valence-corrected chi connectivity index (χ2v) is 8.47. The summed E-state index contributed by atoms with van der Waals surface area (Å²) in [6, 6.07) is 10.5. The summed E-state index contributed by atoms with van der Waals surface area (Å²) in [7, 11) is 0. The van der Waals surface area contributed by atoms with Crippen LogP contribution in [-0.4, -0.2) is 29.2 Å². The van der Waals surface area contributed by atoms with Gasteiger partial charge in [-0.15, -0.1) is 11.3 Å². The van der Waals surface area contributed by atoms with Gasteiger partial charge >= 0.3 is 0 Å². The Balaban J connectivity index is 1.58. The van der Waals surface area contributed by atoms with E-state index < -0.39 is 0 Å². The average molecular weight is 366 g/mol. The fourth-order valence-corrected chi connectivity index (χ4v) is 5.59. The molecule has 1 aliphatic carbocycles. The molecule has 0 N–H and O–H groups in total. The van der Waals surface area contributed by atoms with Gasteiger partial charge in [-0.25, -0.2) is 9.97 Å². The van der Waals surface area contributed by atoms with Crippen LogP contribution in [0.25, 0.3) is 10.2 Å². The molecular formula is C21H23N3OS. The number of thiophene rings is 1. The Labute approximate surface area is 157 Å². The minimum Gasteiger partial charge on any atom is -0.367 e. The first-order chi connectivity index (χ1) is 12.7. The molecule has 0 bridgehead atoms. The molecule has 1 saturated heterocycles. The molecule has 0 radical (unpaired) electrons. The van der Waals surface area contributed by atoms with E-state index in [4.69, 9.17) is 14.7 Å². The van der Waals surface area contributed by atoms with Crippen LogP contribution in [0.15, 0.2) is 30.3 Å². The van der Waals surface area contributed by atoms with Crippen molar-refractivity contribution in [1.29, 1.82) is 0 Å². The summed E-state index contributed by atoms with van der Waals surface area (Å²) >= 11 is 1.87. The van der Waals surface area contributed by atoms with E-state index in [0.717, 1.165) is 36.0 Å². The number of ether oxygens (including phenoxy) is 1. The maximum atomic E-state index is 6.26. The van der Waals surface area contributed by atoms with Crippen LogP contribution < -0.4 is 4.90 Å². The van der Waals surface area contributed by atoms with Gasteiger partial charge in [0.15, 0.2) is 0 Å². The van der Waals surface area contributed by atoms with Crippen LogP contribution in [0.2, 0.25) is 0 Å². The number of anilines is 1. The van der Waals surface area contributed by atoms with E-state index >= 15 is 0 Å². The van der Waals surface area contributed by atoms with E-state index in [1.807, 2.05) is 18.3 Å². The number of morpholine rings is 1. The summed E-state index contributed by atoms with van der Waals surface area (Å²) in [4.78, 5) is 14.7. The van der Waals surface area contributed by atoms with Gasteiger partial charge in [0.05, 0.1) is 11.5 Å². The highest BCUT2D eigenvalue weighted by atomic mass is 32.1. The summed E-state index contributed by atoms with van der Waals surface area (Å²) in [5.41, 5.74) is 2.73. The van der Waals surface area contributed by atoms with Gasteiger partial charge < -0.3 is 9.64 Å². The molecule has 0 amide bonds. The van der Waals surface area contributed by atoms with Crippen LogP contribution >= 0.6 is 11.3 Å². The van der Waals surface area contributed by atoms with Crippen molar-refractivity contribution in [3.05, 3.63) is 52.2 Å². The number of hydrogen-bond donors (Lipinski definition) is 0. The molecule has 26 heavy (non-hydrogen) atoms. The van der Waals surface area contributed by atoms with Crippen LogP contribution in [0.3, 0.4) is 0 Å². The number of rotatable bonds is 2. The quantitative estimate of drug-likeness (QED) is 0.672. The lowest BCUT2D eigenvalue weighted by Crippen LogP contribution is -2.43. The van der Waals surface area contributed by atoms with E-state index in [9.17, 15) is 0 Å². The molecule has 1 aliphatic heterocycles. The number of aromatic nitrogens is 2. The zero-order valence-corrected chi connectivity index (χ0v) is 16.1. The first kappa shape index (κ1) is 16.2. The second kappa shape index (κ2) is 6.32. The molecule has 4 nitrogen and oxygen atoms in total. The Kier molecular flexibility index (Phi) is 3.94. The van der Waals surface area contributed by atoms with E-state index in [1.165, 1.54) is 34.2 Å². The second-order valence-electron chi connectivity index (χ2n) is 7.38. The molecular weight excluding hydrogens is 342 g/mol. The van der Waals surface area contributed by atoms with Crippen molar-refractivity contribution in [3.63, 3.8) is 0 Å². The molecule has 0 spiro atoms. The van der Waals surface area contributed by atoms with Gasteiger partial charge in [-0.1, -0.05) is 30.3 Å². The monoisotopic (exact) mass is 365 g/mol. The standard InChI is InChI=1S/C21H23N3OS/c1-13-11-24(12-17(25-13)15-7-4-3-5-8-15)20-19-16-9-6-10-18(16)26-21(19)23-14(2)22-20/h3-5,7-8,13,17H,6,9-12H2,1-2H3. The number of fused-ring (bicyclic) bond motifs is 3. The minimum absolute atomic E-state index is 0.0805. The molecule has 134 valence electrons. The third-order valence-corrected chi connectivity index (χ3v) is 6.57. The highest BCUT2D eigenvalue weighted by molar-refractivity contribution is 7.19. The van der Waals surface area contributed by atoms with Gasteiger partial charge in [0.1, 0.15) is 22.6 Å². The van der Waals surface area contributed by atoms with Gasteiger partial charge in [0.25, 0.3) is 0 Å². The summed E-state index contributed by atoms with van der Waals surface area (Å²) in [6.07, 6.45) is 3.87. The Morgan fingerprint density at radius 1 is 1.12 bits per heavy atom. The summed E-state index contributed by atoms with van der Waals surface area (Å²) < 4.78 is 6.26. The van der Waals surface area contributed by atoms with Crippen LogP contribution in [0.4, 0.5) is 5.82 Å². The highest BCUT2D eigenvalue weighted by Gasteiger charge is 2.30. The molecule has 3 aromatic rings. The van der Waals surface area contributed by atoms with Crippen molar-refractivity contribution in [3.8, 4) is 0 Å². The molecule has 1 aromatic carbocycles. The van der Waals surface area contributed by atoms with E-state index in [0.29, 0.717) is 0 Å². The number of benzene rings is 1. The van der Waals surface area contributed by atoms with Gasteiger partial charge in [0, 0.05) is 18.0 Å². The molecule has 2 aromatic heterocycles. The molecule has 1 fully saturated rings. The van der Waals surface area contributed by atoms with Crippen LogP contribution in [0.5, 0.6) is 0 Å². The van der Waals surface area contributed by atoms with Gasteiger partial charge in [0.2, 0.25) is 0 Å². The predicted octanol–water partition coefficient (Wildman–Crippen LogP) is 4.45. The maximum absolute atomic E-state index is 6.26. The van der Waals surface area contributed by atoms with Gasteiger partial charge in [-0.2, -0.15) is 0 Å². The Hall–Kier alpha value is -1.98. The topological polar surface area (TPSA) is 38.2 Å². The third kappa shape index (κ3) is 2.70. The summed E-state index contributed by atoms with van der Waals surface area (Å²) in [6.45, 7) is 5.88. The zero-order chi connectivity index (χ0) is 17.7.